The molecule has 1 aromatic carbocycles. The molecule has 4 nitrogen and oxygen atoms in total. The molecule has 142 valence electrons. The Balaban J connectivity index is 0.000000506. The standard InChI is InChI=1S/C14H22O.C5H15O3P/c1-13(2,3)10-8-7-9-11(12(10)15)14(4,5)6;1-4-7-9(3,6)8-5-2/h7-9,15H,1-6H3;6,9H,4-5H2,1-3H3. The Hall–Kier alpha value is -0.670. The number of hydrogen-bond donors (Lipinski definition) is 2. The first-order valence-electron chi connectivity index (χ1n) is 8.59. The van der Waals surface area contributed by atoms with Gasteiger partial charge in [-0.2, -0.15) is 0 Å². The van der Waals surface area contributed by atoms with E-state index in [0.717, 1.165) is 11.1 Å². The second kappa shape index (κ2) is 9.15. The molecule has 2 N–H and O–H groups in total. The van der Waals surface area contributed by atoms with Crippen LogP contribution in [0.25, 0.3) is 0 Å². The Morgan fingerprint density at radius 3 is 1.46 bits per heavy atom. The Morgan fingerprint density at radius 1 is 0.875 bits per heavy atom. The minimum absolute atomic E-state index is 0.00859. The Morgan fingerprint density at radius 2 is 1.21 bits per heavy atom. The molecule has 0 radical (unpaired) electrons. The molecule has 0 unspecified atom stereocenters. The topological polar surface area (TPSA) is 58.9 Å². The van der Waals surface area contributed by atoms with Crippen LogP contribution in [0.15, 0.2) is 18.2 Å². The number of aromatic hydroxyl groups is 1. The van der Waals surface area contributed by atoms with Crippen molar-refractivity contribution >= 4 is 7.94 Å². The molecule has 24 heavy (non-hydrogen) atoms. The molecule has 0 saturated heterocycles. The van der Waals surface area contributed by atoms with Crippen molar-refractivity contribution in [3.05, 3.63) is 29.3 Å². The van der Waals surface area contributed by atoms with Gasteiger partial charge in [-0.1, -0.05) is 59.7 Å². The maximum absolute atomic E-state index is 10.3. The van der Waals surface area contributed by atoms with Gasteiger partial charge in [0, 0.05) is 0 Å². The van der Waals surface area contributed by atoms with Crippen LogP contribution in [0.5, 0.6) is 5.75 Å². The van der Waals surface area contributed by atoms with Gasteiger partial charge in [0.2, 0.25) is 0 Å². The van der Waals surface area contributed by atoms with Crippen LogP contribution < -0.4 is 0 Å². The second-order valence-electron chi connectivity index (χ2n) is 7.97. The number of rotatable bonds is 4. The fourth-order valence-electron chi connectivity index (χ4n) is 2.33. The van der Waals surface area contributed by atoms with Crippen molar-refractivity contribution in [2.75, 3.05) is 19.9 Å². The molecule has 1 aromatic rings. The summed E-state index contributed by atoms with van der Waals surface area (Å²) in [6.07, 6.45) is 0. The summed E-state index contributed by atoms with van der Waals surface area (Å²) in [7, 11) is -2.70. The molecule has 0 aliphatic heterocycles. The van der Waals surface area contributed by atoms with Crippen molar-refractivity contribution in [1.29, 1.82) is 0 Å². The van der Waals surface area contributed by atoms with Crippen LogP contribution in [-0.4, -0.2) is 29.9 Å². The van der Waals surface area contributed by atoms with Crippen LogP contribution in [-0.2, 0) is 19.9 Å². The van der Waals surface area contributed by atoms with Gasteiger partial charge in [0.05, 0.1) is 0 Å². The summed E-state index contributed by atoms with van der Waals surface area (Å²) < 4.78 is 9.88. The third-order valence-corrected chi connectivity index (χ3v) is 5.12. The zero-order valence-electron chi connectivity index (χ0n) is 16.9. The van der Waals surface area contributed by atoms with E-state index >= 15 is 0 Å². The fourth-order valence-corrected chi connectivity index (χ4v) is 3.49. The summed E-state index contributed by atoms with van der Waals surface area (Å²) in [4.78, 5) is 9.21. The molecule has 1 rings (SSSR count). The normalized spacial score (nSPS) is 13.2. The minimum atomic E-state index is -2.70. The van der Waals surface area contributed by atoms with E-state index in [9.17, 15) is 10.00 Å². The third-order valence-electron chi connectivity index (χ3n) is 3.48. The summed E-state index contributed by atoms with van der Waals surface area (Å²) in [5, 5.41) is 10.3. The van der Waals surface area contributed by atoms with Crippen molar-refractivity contribution in [3.63, 3.8) is 0 Å². The van der Waals surface area contributed by atoms with Gasteiger partial charge in [-0.25, -0.2) is 0 Å². The summed E-state index contributed by atoms with van der Waals surface area (Å²) in [6, 6.07) is 6.04. The van der Waals surface area contributed by atoms with Crippen molar-refractivity contribution in [3.8, 4) is 5.75 Å². The van der Waals surface area contributed by atoms with Crippen LogP contribution in [0.3, 0.4) is 0 Å². The van der Waals surface area contributed by atoms with Crippen LogP contribution >= 0.6 is 7.94 Å². The van der Waals surface area contributed by atoms with Crippen LogP contribution in [0.1, 0.15) is 66.5 Å². The van der Waals surface area contributed by atoms with Crippen LogP contribution in [0.2, 0.25) is 0 Å². The number of hydrogen-bond acceptors (Lipinski definition) is 4. The zero-order chi connectivity index (χ0) is 19.2. The fraction of sp³-hybridized carbons (Fsp3) is 0.684. The third kappa shape index (κ3) is 7.94. The SMILES string of the molecule is CC(C)(C)c1cccc(C(C)(C)C)c1O.CCO[PH](C)(O)OCC. The van der Waals surface area contributed by atoms with E-state index in [2.05, 4.69) is 41.5 Å². The van der Waals surface area contributed by atoms with Gasteiger partial charge in [-0.15, -0.1) is 0 Å². The van der Waals surface area contributed by atoms with Crippen molar-refractivity contribution in [1.82, 2.24) is 0 Å². The average molecular weight is 360 g/mol. The van der Waals surface area contributed by atoms with E-state index in [0.29, 0.717) is 19.0 Å². The molecule has 0 heterocycles. The first kappa shape index (κ1) is 23.3. The molecule has 0 aliphatic rings. The van der Waals surface area contributed by atoms with Gasteiger partial charge < -0.3 is 5.11 Å². The molecule has 0 aromatic heterocycles. The van der Waals surface area contributed by atoms with Crippen molar-refractivity contribution in [2.24, 2.45) is 0 Å². The predicted octanol–water partition coefficient (Wildman–Crippen LogP) is 5.16. The van der Waals surface area contributed by atoms with E-state index in [1.165, 1.54) is 0 Å². The molecular weight excluding hydrogens is 323 g/mol. The van der Waals surface area contributed by atoms with E-state index in [1.54, 1.807) is 6.66 Å². The van der Waals surface area contributed by atoms with E-state index in [-0.39, 0.29) is 10.8 Å². The molecule has 5 heteroatoms. The average Bonchev–Trinajstić information content (AvgIpc) is 2.36. The quantitative estimate of drug-likeness (QED) is 0.728. The first-order chi connectivity index (χ1) is 10.8. The van der Waals surface area contributed by atoms with Gasteiger partial charge >= 0.3 is 55.6 Å². The molecule has 0 amide bonds. The number of para-hydroxylation sites is 1. The van der Waals surface area contributed by atoms with Gasteiger partial charge in [-0.3, -0.25) is 0 Å². The van der Waals surface area contributed by atoms with Crippen LogP contribution in [0, 0.1) is 0 Å². The summed E-state index contributed by atoms with van der Waals surface area (Å²) in [5.74, 6) is 0.456. The van der Waals surface area contributed by atoms with E-state index in [1.807, 2.05) is 32.0 Å². The summed E-state index contributed by atoms with van der Waals surface area (Å²) >= 11 is 0. The molecule has 0 bridgehead atoms. The first-order valence-corrected chi connectivity index (χ1v) is 10.9. The molecule has 0 aliphatic carbocycles. The van der Waals surface area contributed by atoms with E-state index < -0.39 is 7.94 Å². The molecule has 0 atom stereocenters. The predicted molar refractivity (Wildman–Crippen MR) is 105 cm³/mol. The Bertz CT molecular complexity index is 459. The Kier molecular flexibility index (Phi) is 8.89. The molecule has 0 saturated carbocycles. The van der Waals surface area contributed by atoms with E-state index in [4.69, 9.17) is 9.05 Å². The van der Waals surface area contributed by atoms with Gasteiger partial charge in [0.15, 0.2) is 0 Å². The van der Waals surface area contributed by atoms with Gasteiger partial charge in [0.25, 0.3) is 0 Å². The maximum atomic E-state index is 10.3. The second-order valence-corrected chi connectivity index (χ2v) is 10.3. The van der Waals surface area contributed by atoms with Crippen molar-refractivity contribution < 1.29 is 19.0 Å². The molecule has 0 spiro atoms. The number of benzene rings is 1. The molecular formula is C19H37O4P. The molecule has 0 fully saturated rings. The van der Waals surface area contributed by atoms with Gasteiger partial charge in [0.1, 0.15) is 5.75 Å². The summed E-state index contributed by atoms with van der Waals surface area (Å²) in [5.41, 5.74) is 2.03. The number of phenols is 1. The van der Waals surface area contributed by atoms with Crippen LogP contribution in [0.4, 0.5) is 0 Å². The zero-order valence-corrected chi connectivity index (χ0v) is 17.9. The monoisotopic (exact) mass is 360 g/mol. The van der Waals surface area contributed by atoms with Gasteiger partial charge in [-0.05, 0) is 22.0 Å². The number of phenolic OH excluding ortho intramolecular Hbond substituents is 1. The van der Waals surface area contributed by atoms with Crippen molar-refractivity contribution in [2.45, 2.75) is 66.2 Å². The summed E-state index contributed by atoms with van der Waals surface area (Å²) in [6.45, 7) is 19.0. The Labute approximate surface area is 148 Å².